The van der Waals surface area contributed by atoms with Crippen molar-refractivity contribution in [2.45, 2.75) is 27.1 Å². The van der Waals surface area contributed by atoms with Gasteiger partial charge in [-0.25, -0.2) is 0 Å². The normalized spacial score (nSPS) is 17.1. The maximum atomic E-state index is 5.92. The predicted octanol–water partition coefficient (Wildman–Crippen LogP) is 2.58. The predicted molar refractivity (Wildman–Crippen MR) is 101 cm³/mol. The van der Waals surface area contributed by atoms with Gasteiger partial charge in [0.25, 0.3) is 0 Å². The van der Waals surface area contributed by atoms with Crippen LogP contribution >= 0.6 is 0 Å². The fraction of sp³-hybridized carbons (Fsp3) is 0.700. The number of fused-ring (bicyclic) bond motifs is 1. The van der Waals surface area contributed by atoms with E-state index in [-0.39, 0.29) is 0 Å². The minimum Gasteiger partial charge on any atom is -0.487 e. The van der Waals surface area contributed by atoms with Crippen LogP contribution < -0.4 is 9.47 Å². The Morgan fingerprint density at radius 2 is 1.00 bits per heavy atom. The van der Waals surface area contributed by atoms with Gasteiger partial charge in [-0.1, -0.05) is 0 Å². The molecule has 0 saturated carbocycles. The molecule has 0 radical (unpaired) electrons. The highest BCUT2D eigenvalue weighted by Gasteiger charge is 2.13. The molecule has 1 aliphatic rings. The summed E-state index contributed by atoms with van der Waals surface area (Å²) in [6, 6.07) is 3.95. The highest BCUT2D eigenvalue weighted by Crippen LogP contribution is 2.32. The molecule has 7 heteroatoms. The Balaban J connectivity index is 2.14. The van der Waals surface area contributed by atoms with E-state index in [0.717, 1.165) is 11.1 Å². The molecule has 7 nitrogen and oxygen atoms in total. The fourth-order valence-corrected chi connectivity index (χ4v) is 2.53. The number of hydrogen-bond donors (Lipinski definition) is 0. The molecular formula is C20H32O7. The van der Waals surface area contributed by atoms with Crippen molar-refractivity contribution in [3.8, 4) is 11.5 Å². The van der Waals surface area contributed by atoms with E-state index in [2.05, 4.69) is 0 Å². The van der Waals surface area contributed by atoms with Gasteiger partial charge in [0.1, 0.15) is 13.2 Å². The number of rotatable bonds is 6. The Morgan fingerprint density at radius 3 is 1.37 bits per heavy atom. The van der Waals surface area contributed by atoms with Gasteiger partial charge in [-0.05, 0) is 37.1 Å². The molecule has 1 aromatic rings. The zero-order valence-electron chi connectivity index (χ0n) is 16.5. The lowest BCUT2D eigenvalue weighted by Crippen LogP contribution is -2.13. The smallest absolute Gasteiger partial charge is 0.161 e. The van der Waals surface area contributed by atoms with Crippen molar-refractivity contribution in [3.05, 3.63) is 23.3 Å². The highest BCUT2D eigenvalue weighted by molar-refractivity contribution is 5.47. The summed E-state index contributed by atoms with van der Waals surface area (Å²) in [4.78, 5) is 0. The molecule has 0 amide bonds. The van der Waals surface area contributed by atoms with Crippen LogP contribution in [0.5, 0.6) is 11.5 Å². The summed E-state index contributed by atoms with van der Waals surface area (Å²) >= 11 is 0. The molecule has 0 bridgehead atoms. The maximum absolute atomic E-state index is 5.92. The van der Waals surface area contributed by atoms with Crippen LogP contribution in [0.4, 0.5) is 0 Å². The van der Waals surface area contributed by atoms with E-state index in [9.17, 15) is 0 Å². The maximum Gasteiger partial charge on any atom is 0.161 e. The standard InChI is InChI=1S/C20H32O7/c1-3-21-15-17-13-19-20(14-18(17)16-22-4-2)27-12-10-25-8-6-23-5-7-24-9-11-26-19/h13-14H,3-12,15-16H2,1-2H3. The molecule has 0 unspecified atom stereocenters. The van der Waals surface area contributed by atoms with Crippen molar-refractivity contribution in [3.63, 3.8) is 0 Å². The van der Waals surface area contributed by atoms with Gasteiger partial charge >= 0.3 is 0 Å². The van der Waals surface area contributed by atoms with E-state index in [1.54, 1.807) is 0 Å². The zero-order chi connectivity index (χ0) is 19.2. The second kappa shape index (κ2) is 13.7. The van der Waals surface area contributed by atoms with E-state index in [1.807, 2.05) is 26.0 Å². The molecule has 0 aliphatic carbocycles. The minimum absolute atomic E-state index is 0.436. The van der Waals surface area contributed by atoms with E-state index < -0.39 is 0 Å². The van der Waals surface area contributed by atoms with Gasteiger partial charge in [0, 0.05) is 13.2 Å². The van der Waals surface area contributed by atoms with Gasteiger partial charge in [0.2, 0.25) is 0 Å². The average molecular weight is 384 g/mol. The molecule has 0 spiro atoms. The number of hydrogen-bond acceptors (Lipinski definition) is 7. The van der Waals surface area contributed by atoms with Crippen LogP contribution in [0.15, 0.2) is 12.1 Å². The molecule has 27 heavy (non-hydrogen) atoms. The second-order valence-electron chi connectivity index (χ2n) is 5.88. The average Bonchev–Trinajstić information content (AvgIpc) is 2.69. The summed E-state index contributed by atoms with van der Waals surface area (Å²) in [6.45, 7) is 10.3. The summed E-state index contributed by atoms with van der Waals surface area (Å²) in [5.74, 6) is 1.36. The van der Waals surface area contributed by atoms with Crippen molar-refractivity contribution in [1.29, 1.82) is 0 Å². The SMILES string of the molecule is CCOCc1cc2c(cc1COCC)OCCOCCOCCOCCO2. The van der Waals surface area contributed by atoms with Gasteiger partial charge in [-0.15, -0.1) is 0 Å². The van der Waals surface area contributed by atoms with Crippen LogP contribution in [0.1, 0.15) is 25.0 Å². The van der Waals surface area contributed by atoms with Gasteiger partial charge in [-0.3, -0.25) is 0 Å². The lowest BCUT2D eigenvalue weighted by Gasteiger charge is -2.18. The van der Waals surface area contributed by atoms with Crippen molar-refractivity contribution in [2.24, 2.45) is 0 Å². The lowest BCUT2D eigenvalue weighted by molar-refractivity contribution is 0.00707. The summed E-state index contributed by atoms with van der Waals surface area (Å²) in [7, 11) is 0. The van der Waals surface area contributed by atoms with Crippen molar-refractivity contribution >= 4 is 0 Å². The van der Waals surface area contributed by atoms with Crippen LogP contribution in [0.3, 0.4) is 0 Å². The third-order valence-corrected chi connectivity index (χ3v) is 3.90. The Kier molecular flexibility index (Phi) is 11.2. The molecule has 0 atom stereocenters. The second-order valence-corrected chi connectivity index (χ2v) is 5.88. The van der Waals surface area contributed by atoms with Gasteiger partial charge in [0.05, 0.1) is 52.9 Å². The van der Waals surface area contributed by atoms with E-state index in [0.29, 0.717) is 90.8 Å². The molecule has 0 saturated heterocycles. The molecule has 2 rings (SSSR count). The van der Waals surface area contributed by atoms with E-state index in [1.165, 1.54) is 0 Å². The Bertz CT molecular complexity index is 476. The first-order valence-electron chi connectivity index (χ1n) is 9.65. The third kappa shape index (κ3) is 8.45. The van der Waals surface area contributed by atoms with E-state index in [4.69, 9.17) is 33.2 Å². The first-order valence-corrected chi connectivity index (χ1v) is 9.65. The van der Waals surface area contributed by atoms with Crippen molar-refractivity contribution < 1.29 is 33.2 Å². The Hall–Kier alpha value is -1.38. The molecule has 154 valence electrons. The monoisotopic (exact) mass is 384 g/mol. The fourth-order valence-electron chi connectivity index (χ4n) is 2.53. The highest BCUT2D eigenvalue weighted by atomic mass is 16.6. The summed E-state index contributed by atoms with van der Waals surface area (Å²) in [5, 5.41) is 0. The Morgan fingerprint density at radius 1 is 0.630 bits per heavy atom. The first kappa shape index (κ1) is 21.9. The number of benzene rings is 1. The summed E-state index contributed by atoms with van der Waals surface area (Å²) in [6.07, 6.45) is 0. The largest absolute Gasteiger partial charge is 0.487 e. The van der Waals surface area contributed by atoms with Gasteiger partial charge in [-0.2, -0.15) is 0 Å². The van der Waals surface area contributed by atoms with Crippen LogP contribution in [0, 0.1) is 0 Å². The molecule has 0 N–H and O–H groups in total. The van der Waals surface area contributed by atoms with E-state index >= 15 is 0 Å². The molecule has 0 fully saturated rings. The van der Waals surface area contributed by atoms with Crippen molar-refractivity contribution in [1.82, 2.24) is 0 Å². The molecule has 1 aliphatic heterocycles. The molecule has 1 heterocycles. The molecule has 1 aromatic carbocycles. The van der Waals surface area contributed by atoms with Crippen LogP contribution in [0.2, 0.25) is 0 Å². The van der Waals surface area contributed by atoms with Gasteiger partial charge < -0.3 is 33.2 Å². The third-order valence-electron chi connectivity index (χ3n) is 3.90. The van der Waals surface area contributed by atoms with Crippen LogP contribution in [0.25, 0.3) is 0 Å². The first-order chi connectivity index (χ1) is 13.3. The zero-order valence-corrected chi connectivity index (χ0v) is 16.5. The topological polar surface area (TPSA) is 64.6 Å². The van der Waals surface area contributed by atoms with Crippen molar-refractivity contribution in [2.75, 3.05) is 66.1 Å². The minimum atomic E-state index is 0.436. The number of ether oxygens (including phenoxy) is 7. The lowest BCUT2D eigenvalue weighted by atomic mass is 10.1. The summed E-state index contributed by atoms with van der Waals surface area (Å²) in [5.41, 5.74) is 2.08. The quantitative estimate of drug-likeness (QED) is 0.747. The van der Waals surface area contributed by atoms with Gasteiger partial charge in [0.15, 0.2) is 11.5 Å². The van der Waals surface area contributed by atoms with Crippen LogP contribution in [-0.4, -0.2) is 66.1 Å². The molecule has 0 aromatic heterocycles. The summed E-state index contributed by atoms with van der Waals surface area (Å²) < 4.78 is 39.5. The van der Waals surface area contributed by atoms with Crippen LogP contribution in [-0.2, 0) is 36.9 Å². The molecular weight excluding hydrogens is 352 g/mol. The Labute approximate surface area is 161 Å².